The molecule has 0 aliphatic carbocycles. The normalized spacial score (nSPS) is 11.7. The van der Waals surface area contributed by atoms with Crippen LogP contribution in [0.3, 0.4) is 0 Å². The fraction of sp³-hybridized carbons (Fsp3) is 0.944. The summed E-state index contributed by atoms with van der Waals surface area (Å²) in [5.41, 5.74) is 0. The van der Waals surface area contributed by atoms with Gasteiger partial charge in [0.25, 0.3) is 0 Å². The maximum absolute atomic E-state index is 8.78. The van der Waals surface area contributed by atoms with Crippen LogP contribution >= 0.6 is 0 Å². The first-order valence-corrected chi connectivity index (χ1v) is 17.8. The molecule has 0 atom stereocenters. The van der Waals surface area contributed by atoms with Crippen molar-refractivity contribution in [1.29, 1.82) is 0 Å². The lowest BCUT2D eigenvalue weighted by molar-refractivity contribution is 0.282. The van der Waals surface area contributed by atoms with Crippen LogP contribution in [0.4, 0.5) is 0 Å². The van der Waals surface area contributed by atoms with Crippen LogP contribution in [0, 0.1) is 0 Å². The Kier molecular flexibility index (Phi) is 36.3. The minimum Gasteiger partial charge on any atom is -0.396 e. The third kappa shape index (κ3) is 35.7. The van der Waals surface area contributed by atoms with Gasteiger partial charge >= 0.3 is 0 Å². The molecular formula is C36H72O2. The van der Waals surface area contributed by atoms with E-state index in [4.69, 9.17) is 10.2 Å². The predicted molar refractivity (Wildman–Crippen MR) is 171 cm³/mol. The third-order valence-electron chi connectivity index (χ3n) is 8.22. The molecule has 0 spiro atoms. The van der Waals surface area contributed by atoms with Crippen LogP contribution < -0.4 is 0 Å². The van der Waals surface area contributed by atoms with Gasteiger partial charge in [0.05, 0.1) is 0 Å². The number of hydrogen-bond donors (Lipinski definition) is 2. The number of hydrogen-bond acceptors (Lipinski definition) is 2. The van der Waals surface area contributed by atoms with Crippen molar-refractivity contribution in [1.82, 2.24) is 0 Å². The van der Waals surface area contributed by atoms with Crippen molar-refractivity contribution in [2.24, 2.45) is 0 Å². The molecule has 0 radical (unpaired) electrons. The van der Waals surface area contributed by atoms with Crippen molar-refractivity contribution in [2.75, 3.05) is 13.2 Å². The Hall–Kier alpha value is -0.340. The van der Waals surface area contributed by atoms with Gasteiger partial charge in [-0.25, -0.2) is 0 Å². The largest absolute Gasteiger partial charge is 0.396 e. The van der Waals surface area contributed by atoms with Gasteiger partial charge in [0.2, 0.25) is 0 Å². The molecule has 0 aromatic rings. The lowest BCUT2D eigenvalue weighted by Crippen LogP contribution is -1.85. The van der Waals surface area contributed by atoms with E-state index in [1.807, 2.05) is 0 Å². The molecule has 0 aromatic heterocycles. The molecule has 0 fully saturated rings. The summed E-state index contributed by atoms with van der Waals surface area (Å²) in [7, 11) is 0. The van der Waals surface area contributed by atoms with E-state index in [0.29, 0.717) is 13.2 Å². The first-order chi connectivity index (χ1) is 18.9. The summed E-state index contributed by atoms with van der Waals surface area (Å²) in [4.78, 5) is 0. The van der Waals surface area contributed by atoms with E-state index in [1.165, 1.54) is 193 Å². The summed E-state index contributed by atoms with van der Waals surface area (Å²) in [5, 5.41) is 17.6. The number of rotatable bonds is 34. The van der Waals surface area contributed by atoms with Crippen molar-refractivity contribution in [2.45, 2.75) is 205 Å². The van der Waals surface area contributed by atoms with Gasteiger partial charge < -0.3 is 10.2 Å². The van der Waals surface area contributed by atoms with Crippen LogP contribution in [0.1, 0.15) is 205 Å². The Balaban J connectivity index is 3.05. The summed E-state index contributed by atoms with van der Waals surface area (Å²) in [5.74, 6) is 0. The molecule has 0 unspecified atom stereocenters. The van der Waals surface area contributed by atoms with Crippen LogP contribution in [0.25, 0.3) is 0 Å². The quantitative estimate of drug-likeness (QED) is 0.0634. The summed E-state index contributed by atoms with van der Waals surface area (Å²) in [6, 6.07) is 0. The van der Waals surface area contributed by atoms with Gasteiger partial charge in [0.15, 0.2) is 0 Å². The molecule has 0 aromatic carbocycles. The number of aliphatic hydroxyl groups excluding tert-OH is 2. The number of allylic oxidation sites excluding steroid dienone is 2. The molecule has 228 valence electrons. The van der Waals surface area contributed by atoms with Gasteiger partial charge in [0.1, 0.15) is 0 Å². The van der Waals surface area contributed by atoms with E-state index in [2.05, 4.69) is 12.2 Å². The van der Waals surface area contributed by atoms with Gasteiger partial charge in [-0.1, -0.05) is 179 Å². The van der Waals surface area contributed by atoms with E-state index in [1.54, 1.807) is 0 Å². The van der Waals surface area contributed by atoms with Crippen LogP contribution in [-0.2, 0) is 0 Å². The highest BCUT2D eigenvalue weighted by molar-refractivity contribution is 4.81. The smallest absolute Gasteiger partial charge is 0.0431 e. The topological polar surface area (TPSA) is 40.5 Å². The van der Waals surface area contributed by atoms with Crippen LogP contribution in [-0.4, -0.2) is 23.4 Å². The van der Waals surface area contributed by atoms with Crippen molar-refractivity contribution in [3.05, 3.63) is 12.2 Å². The van der Waals surface area contributed by atoms with Gasteiger partial charge in [0, 0.05) is 13.2 Å². The lowest BCUT2D eigenvalue weighted by atomic mass is 10.0. The van der Waals surface area contributed by atoms with Gasteiger partial charge in [-0.3, -0.25) is 0 Å². The maximum atomic E-state index is 8.78. The lowest BCUT2D eigenvalue weighted by Gasteiger charge is -2.04. The second kappa shape index (κ2) is 36.7. The van der Waals surface area contributed by atoms with E-state index in [9.17, 15) is 0 Å². The Labute approximate surface area is 240 Å². The minimum absolute atomic E-state index is 0.361. The fourth-order valence-electron chi connectivity index (χ4n) is 5.58. The second-order valence-corrected chi connectivity index (χ2v) is 12.1. The molecule has 0 rings (SSSR count). The molecule has 38 heavy (non-hydrogen) atoms. The molecular weight excluding hydrogens is 464 g/mol. The molecule has 2 N–H and O–H groups in total. The molecule has 0 aliphatic rings. The first-order valence-electron chi connectivity index (χ1n) is 17.8. The maximum Gasteiger partial charge on any atom is 0.0431 e. The summed E-state index contributed by atoms with van der Waals surface area (Å²) >= 11 is 0. The first kappa shape index (κ1) is 37.7. The zero-order valence-electron chi connectivity index (χ0n) is 26.1. The van der Waals surface area contributed by atoms with Crippen LogP contribution in [0.15, 0.2) is 12.2 Å². The van der Waals surface area contributed by atoms with Crippen molar-refractivity contribution >= 4 is 0 Å². The minimum atomic E-state index is 0.361. The van der Waals surface area contributed by atoms with Crippen LogP contribution in [0.2, 0.25) is 0 Å². The third-order valence-corrected chi connectivity index (χ3v) is 8.22. The van der Waals surface area contributed by atoms with Gasteiger partial charge in [-0.2, -0.15) is 0 Å². The average molecular weight is 537 g/mol. The monoisotopic (exact) mass is 537 g/mol. The van der Waals surface area contributed by atoms with E-state index in [-0.39, 0.29) is 0 Å². The SMILES string of the molecule is OCCCCCCCC/C=C\CCCCCCCCCCCCCCCCCCCCCCCCCCO. The molecule has 0 saturated heterocycles. The number of unbranched alkanes of at least 4 members (excludes halogenated alkanes) is 30. The van der Waals surface area contributed by atoms with Crippen molar-refractivity contribution in [3.63, 3.8) is 0 Å². The summed E-state index contributed by atoms with van der Waals surface area (Å²) in [6.45, 7) is 0.731. The van der Waals surface area contributed by atoms with E-state index < -0.39 is 0 Å². The van der Waals surface area contributed by atoms with E-state index in [0.717, 1.165) is 12.8 Å². The summed E-state index contributed by atoms with van der Waals surface area (Å²) < 4.78 is 0. The molecule has 0 aliphatic heterocycles. The summed E-state index contributed by atoms with van der Waals surface area (Å²) in [6.07, 6.45) is 48.7. The molecule has 0 saturated carbocycles. The van der Waals surface area contributed by atoms with Crippen molar-refractivity contribution < 1.29 is 10.2 Å². The molecule has 0 heterocycles. The Morgan fingerprint density at radius 2 is 0.368 bits per heavy atom. The van der Waals surface area contributed by atoms with Gasteiger partial charge in [-0.05, 0) is 38.5 Å². The zero-order valence-corrected chi connectivity index (χ0v) is 26.1. The van der Waals surface area contributed by atoms with Gasteiger partial charge in [-0.15, -0.1) is 0 Å². The highest BCUT2D eigenvalue weighted by Gasteiger charge is 1.96. The van der Waals surface area contributed by atoms with E-state index >= 15 is 0 Å². The molecule has 2 heteroatoms. The van der Waals surface area contributed by atoms with Crippen LogP contribution in [0.5, 0.6) is 0 Å². The predicted octanol–water partition coefficient (Wildman–Crippen LogP) is 12.0. The fourth-order valence-corrected chi connectivity index (χ4v) is 5.58. The molecule has 2 nitrogen and oxygen atoms in total. The number of aliphatic hydroxyl groups is 2. The van der Waals surface area contributed by atoms with Crippen molar-refractivity contribution in [3.8, 4) is 0 Å². The highest BCUT2D eigenvalue weighted by atomic mass is 16.3. The zero-order chi connectivity index (χ0) is 27.5. The molecule has 0 bridgehead atoms. The average Bonchev–Trinajstić information content (AvgIpc) is 2.93. The Morgan fingerprint density at radius 3 is 0.553 bits per heavy atom. The Bertz CT molecular complexity index is 420. The Morgan fingerprint density at radius 1 is 0.211 bits per heavy atom. The second-order valence-electron chi connectivity index (χ2n) is 12.1. The molecule has 0 amide bonds. The standard InChI is InChI=1S/C36H72O2/c37-35-33-31-29-27-25-23-21-19-17-15-13-11-9-7-5-3-1-2-4-6-8-10-12-14-16-18-20-22-24-26-28-30-32-34-36-38/h17,19,37-38H,1-16,18,20-36H2/b19-17-. The highest BCUT2D eigenvalue weighted by Crippen LogP contribution is 2.16.